The van der Waals surface area contributed by atoms with E-state index in [0.717, 1.165) is 0 Å². The molecule has 3 aromatic rings. The van der Waals surface area contributed by atoms with E-state index in [2.05, 4.69) is 0 Å². The molecule has 4 heteroatoms. The molecule has 0 saturated carbocycles. The number of phenolic OH excluding ortho intramolecular Hbond substituents is 1. The first-order chi connectivity index (χ1) is 11.3. The Labute approximate surface area is 139 Å². The summed E-state index contributed by atoms with van der Waals surface area (Å²) in [7, 11) is 0. The fraction of sp³-hybridized carbons (Fsp3) is 0.0526. The molecule has 3 nitrogen and oxygen atoms in total. The van der Waals surface area contributed by atoms with Gasteiger partial charge >= 0.3 is 0 Å². The van der Waals surface area contributed by atoms with Crippen molar-refractivity contribution in [2.24, 2.45) is 0 Å². The van der Waals surface area contributed by atoms with Gasteiger partial charge in [-0.25, -0.2) is 0 Å². The highest BCUT2D eigenvalue weighted by molar-refractivity contribution is 6.17. The van der Waals surface area contributed by atoms with Crippen molar-refractivity contribution in [3.8, 4) is 28.7 Å². The number of phenols is 1. The zero-order valence-corrected chi connectivity index (χ0v) is 13.0. The fourth-order valence-electron chi connectivity index (χ4n) is 2.15. The van der Waals surface area contributed by atoms with Crippen LogP contribution in [0.3, 0.4) is 0 Å². The second-order valence-corrected chi connectivity index (χ2v) is 5.15. The molecule has 3 aromatic carbocycles. The van der Waals surface area contributed by atoms with Crippen molar-refractivity contribution in [2.75, 3.05) is 0 Å². The van der Waals surface area contributed by atoms with Crippen molar-refractivity contribution in [3.05, 3.63) is 78.4 Å². The normalized spacial score (nSPS) is 10.3. The Balaban J connectivity index is 1.96. The van der Waals surface area contributed by atoms with Gasteiger partial charge in [-0.3, -0.25) is 0 Å². The summed E-state index contributed by atoms with van der Waals surface area (Å²) >= 11 is 6.08. The summed E-state index contributed by atoms with van der Waals surface area (Å²) in [4.78, 5) is 0. The second-order valence-electron chi connectivity index (χ2n) is 4.88. The van der Waals surface area contributed by atoms with Gasteiger partial charge in [-0.1, -0.05) is 36.4 Å². The first-order valence-corrected chi connectivity index (χ1v) is 7.67. The summed E-state index contributed by atoms with van der Waals surface area (Å²) in [6.07, 6.45) is 0. The van der Waals surface area contributed by atoms with Crippen LogP contribution < -0.4 is 9.47 Å². The number of hydrogen-bond donors (Lipinski definition) is 1. The van der Waals surface area contributed by atoms with Gasteiger partial charge in [-0.15, -0.1) is 11.6 Å². The van der Waals surface area contributed by atoms with Crippen molar-refractivity contribution in [1.82, 2.24) is 0 Å². The van der Waals surface area contributed by atoms with Gasteiger partial charge in [0.2, 0.25) is 0 Å². The van der Waals surface area contributed by atoms with Crippen LogP contribution in [0.25, 0.3) is 0 Å². The summed E-state index contributed by atoms with van der Waals surface area (Å²) < 4.78 is 11.7. The van der Waals surface area contributed by atoms with E-state index in [9.17, 15) is 5.11 Å². The van der Waals surface area contributed by atoms with E-state index in [1.807, 2.05) is 60.7 Å². The van der Waals surface area contributed by atoms with Crippen molar-refractivity contribution in [2.45, 2.75) is 5.88 Å². The molecule has 0 bridgehead atoms. The van der Waals surface area contributed by atoms with Crippen LogP contribution in [0.4, 0.5) is 0 Å². The highest BCUT2D eigenvalue weighted by Gasteiger charge is 2.14. The quantitative estimate of drug-likeness (QED) is 0.610. The molecular weight excluding hydrogens is 312 g/mol. The van der Waals surface area contributed by atoms with E-state index in [-0.39, 0.29) is 11.6 Å². The van der Waals surface area contributed by atoms with Crippen molar-refractivity contribution >= 4 is 11.6 Å². The number of benzene rings is 3. The number of aromatic hydroxyl groups is 1. The number of halogens is 1. The summed E-state index contributed by atoms with van der Waals surface area (Å²) in [6.45, 7) is 0. The summed E-state index contributed by atoms with van der Waals surface area (Å²) in [5, 5.41) is 9.97. The zero-order valence-electron chi connectivity index (χ0n) is 12.3. The molecule has 0 heterocycles. The van der Waals surface area contributed by atoms with Crippen LogP contribution >= 0.6 is 11.6 Å². The van der Waals surface area contributed by atoms with E-state index >= 15 is 0 Å². The Kier molecular flexibility index (Phi) is 4.69. The second kappa shape index (κ2) is 7.07. The third-order valence-corrected chi connectivity index (χ3v) is 3.50. The number of hydrogen-bond acceptors (Lipinski definition) is 3. The summed E-state index contributed by atoms with van der Waals surface area (Å²) in [6, 6.07) is 21.7. The van der Waals surface area contributed by atoms with E-state index in [1.165, 1.54) is 12.1 Å². The van der Waals surface area contributed by atoms with E-state index in [0.29, 0.717) is 28.6 Å². The number of para-hydroxylation sites is 2. The van der Waals surface area contributed by atoms with Crippen LogP contribution in [0.15, 0.2) is 72.8 Å². The van der Waals surface area contributed by atoms with Crippen LogP contribution in [0.5, 0.6) is 28.7 Å². The van der Waals surface area contributed by atoms with Crippen LogP contribution in [-0.2, 0) is 5.88 Å². The Morgan fingerprint density at radius 2 is 1.17 bits per heavy atom. The highest BCUT2D eigenvalue weighted by Crippen LogP contribution is 2.39. The Hall–Kier alpha value is -2.65. The van der Waals surface area contributed by atoms with Gasteiger partial charge in [0, 0.05) is 12.1 Å². The van der Waals surface area contributed by atoms with Crippen LogP contribution in [0, 0.1) is 0 Å². The third kappa shape index (κ3) is 3.76. The van der Waals surface area contributed by atoms with Crippen LogP contribution in [0.1, 0.15) is 5.56 Å². The predicted octanol–water partition coefficient (Wildman–Crippen LogP) is 5.72. The minimum absolute atomic E-state index is 0.0516. The highest BCUT2D eigenvalue weighted by atomic mass is 35.5. The molecular formula is C19H15ClO3. The number of rotatable bonds is 5. The molecule has 0 saturated heterocycles. The maximum absolute atomic E-state index is 9.97. The van der Waals surface area contributed by atoms with Crippen molar-refractivity contribution in [1.29, 1.82) is 0 Å². The molecule has 3 rings (SSSR count). The lowest BCUT2D eigenvalue weighted by molar-refractivity contribution is 0.430. The first kappa shape index (κ1) is 15.3. The fourth-order valence-corrected chi connectivity index (χ4v) is 2.41. The minimum Gasteiger partial charge on any atom is -0.508 e. The Bertz CT molecular complexity index is 711. The lowest BCUT2D eigenvalue weighted by Gasteiger charge is -2.15. The van der Waals surface area contributed by atoms with Crippen LogP contribution in [-0.4, -0.2) is 5.11 Å². The molecule has 0 radical (unpaired) electrons. The monoisotopic (exact) mass is 326 g/mol. The molecule has 116 valence electrons. The molecule has 0 amide bonds. The van der Waals surface area contributed by atoms with Gasteiger partial charge in [-0.05, 0) is 24.3 Å². The number of ether oxygens (including phenoxy) is 2. The average molecular weight is 327 g/mol. The van der Waals surface area contributed by atoms with Gasteiger partial charge in [0.05, 0.1) is 11.4 Å². The maximum Gasteiger partial charge on any atom is 0.139 e. The summed E-state index contributed by atoms with van der Waals surface area (Å²) in [5.41, 5.74) is 0.678. The smallest absolute Gasteiger partial charge is 0.139 e. The molecule has 0 aliphatic carbocycles. The standard InChI is InChI=1S/C19H15ClO3/c20-13-17-18(22-15-7-3-1-4-8-15)11-14(21)12-19(17)23-16-9-5-2-6-10-16/h1-12,21H,13H2. The zero-order chi connectivity index (χ0) is 16.1. The van der Waals surface area contributed by atoms with Gasteiger partial charge in [0.25, 0.3) is 0 Å². The molecule has 0 aliphatic rings. The largest absolute Gasteiger partial charge is 0.508 e. The lowest BCUT2D eigenvalue weighted by atomic mass is 10.2. The van der Waals surface area contributed by atoms with Gasteiger partial charge in [0.15, 0.2) is 0 Å². The molecule has 1 N–H and O–H groups in total. The maximum atomic E-state index is 9.97. The van der Waals surface area contributed by atoms with Crippen molar-refractivity contribution < 1.29 is 14.6 Å². The number of alkyl halides is 1. The lowest BCUT2D eigenvalue weighted by Crippen LogP contribution is -1.94. The Morgan fingerprint density at radius 3 is 1.57 bits per heavy atom. The molecule has 0 aromatic heterocycles. The first-order valence-electron chi connectivity index (χ1n) is 7.14. The third-order valence-electron chi connectivity index (χ3n) is 3.23. The van der Waals surface area contributed by atoms with Gasteiger partial charge < -0.3 is 14.6 Å². The van der Waals surface area contributed by atoms with Gasteiger partial charge in [0.1, 0.15) is 28.7 Å². The van der Waals surface area contributed by atoms with E-state index in [1.54, 1.807) is 0 Å². The van der Waals surface area contributed by atoms with Crippen LogP contribution in [0.2, 0.25) is 0 Å². The summed E-state index contributed by atoms with van der Waals surface area (Å²) in [5.74, 6) is 2.51. The molecule has 0 spiro atoms. The van der Waals surface area contributed by atoms with E-state index in [4.69, 9.17) is 21.1 Å². The minimum atomic E-state index is 0.0516. The molecule has 0 fully saturated rings. The SMILES string of the molecule is Oc1cc(Oc2ccccc2)c(CCl)c(Oc2ccccc2)c1. The van der Waals surface area contributed by atoms with Gasteiger partial charge in [-0.2, -0.15) is 0 Å². The predicted molar refractivity (Wildman–Crippen MR) is 90.7 cm³/mol. The molecule has 0 aliphatic heterocycles. The Morgan fingerprint density at radius 1 is 0.739 bits per heavy atom. The molecule has 0 unspecified atom stereocenters. The van der Waals surface area contributed by atoms with Crippen molar-refractivity contribution in [3.63, 3.8) is 0 Å². The topological polar surface area (TPSA) is 38.7 Å². The average Bonchev–Trinajstić information content (AvgIpc) is 2.56. The van der Waals surface area contributed by atoms with E-state index < -0.39 is 0 Å². The molecule has 23 heavy (non-hydrogen) atoms. The molecule has 0 atom stereocenters.